The summed E-state index contributed by atoms with van der Waals surface area (Å²) >= 11 is 12.0. The normalized spacial score (nSPS) is 11.5. The second-order valence-corrected chi connectivity index (χ2v) is 15.6. The first-order valence-corrected chi connectivity index (χ1v) is 23.5. The summed E-state index contributed by atoms with van der Waals surface area (Å²) in [4.78, 5) is 59.1. The average Bonchev–Trinajstić information content (AvgIpc) is 3.31. The topological polar surface area (TPSA) is 236 Å². The fourth-order valence-corrected chi connectivity index (χ4v) is 6.76. The average molecular weight is 964 g/mol. The van der Waals surface area contributed by atoms with Crippen LogP contribution in [0.25, 0.3) is 0 Å². The van der Waals surface area contributed by atoms with Crippen LogP contribution >= 0.6 is 23.2 Å². The number of carbonyl (C=O) groups is 4. The molecule has 2 aromatic carbocycles. The van der Waals surface area contributed by atoms with E-state index < -0.39 is 17.9 Å². The number of nitrogens with zero attached hydrogens (tertiary/aromatic N) is 2. The number of halogens is 2. The zero-order chi connectivity index (χ0) is 47.5. The first-order chi connectivity index (χ1) is 32.2. The van der Waals surface area contributed by atoms with Crippen molar-refractivity contribution in [3.05, 3.63) is 83.0 Å². The molecule has 1 unspecified atom stereocenters. The van der Waals surface area contributed by atoms with Crippen LogP contribution in [0.4, 0.5) is 10.6 Å². The van der Waals surface area contributed by atoms with Gasteiger partial charge in [0.2, 0.25) is 17.7 Å². The van der Waals surface area contributed by atoms with Gasteiger partial charge in [-0.15, -0.1) is 23.2 Å². The Labute approximate surface area is 398 Å². The maximum atomic E-state index is 13.2. The Morgan fingerprint density at radius 2 is 1.24 bits per heavy atom. The van der Waals surface area contributed by atoms with Gasteiger partial charge in [0, 0.05) is 57.2 Å². The van der Waals surface area contributed by atoms with E-state index in [9.17, 15) is 19.2 Å². The predicted molar refractivity (Wildman–Crippen MR) is 253 cm³/mol. The predicted octanol–water partition coefficient (Wildman–Crippen LogP) is 4.01. The minimum absolute atomic E-state index is 0.167. The largest absolute Gasteiger partial charge is 0.459 e. The molecule has 0 aliphatic carbocycles. The third kappa shape index (κ3) is 25.8. The first kappa shape index (κ1) is 55.5. The molecular formula is C46H68Cl2N8O10. The summed E-state index contributed by atoms with van der Waals surface area (Å²) in [6.45, 7) is 6.80. The van der Waals surface area contributed by atoms with Crippen LogP contribution in [0.2, 0.25) is 0 Å². The molecule has 3 aromatic rings. The van der Waals surface area contributed by atoms with E-state index in [1.807, 2.05) is 31.2 Å². The van der Waals surface area contributed by atoms with Gasteiger partial charge in [-0.05, 0) is 66.8 Å². The molecule has 5 amide bonds. The molecule has 1 aromatic heterocycles. The number of ether oxygens (including phenoxy) is 6. The zero-order valence-electron chi connectivity index (χ0n) is 38.0. The van der Waals surface area contributed by atoms with Crippen molar-refractivity contribution in [2.24, 2.45) is 0 Å². The van der Waals surface area contributed by atoms with Crippen molar-refractivity contribution in [2.45, 2.75) is 70.6 Å². The molecule has 0 spiro atoms. The van der Waals surface area contributed by atoms with Crippen molar-refractivity contribution in [1.82, 2.24) is 36.6 Å². The molecule has 0 saturated carbocycles. The lowest BCUT2D eigenvalue weighted by molar-refractivity contribution is -0.132. The van der Waals surface area contributed by atoms with Crippen LogP contribution in [-0.2, 0) is 57.6 Å². The number of carbonyl (C=O) groups excluding carboxylic acids is 4. The number of amides is 5. The van der Waals surface area contributed by atoms with Gasteiger partial charge in [0.25, 0.3) is 0 Å². The maximum Gasteiger partial charge on any atom is 0.318 e. The highest BCUT2D eigenvalue weighted by Gasteiger charge is 2.23. The highest BCUT2D eigenvalue weighted by atomic mass is 35.5. The van der Waals surface area contributed by atoms with Gasteiger partial charge < -0.3 is 60.7 Å². The lowest BCUT2D eigenvalue weighted by atomic mass is 9.92. The fraction of sp³-hybridized carbons (Fsp3) is 0.565. The van der Waals surface area contributed by atoms with E-state index in [0.717, 1.165) is 29.5 Å². The van der Waals surface area contributed by atoms with Crippen molar-refractivity contribution < 1.29 is 47.6 Å². The summed E-state index contributed by atoms with van der Waals surface area (Å²) in [5, 5.41) is 13.8. The van der Waals surface area contributed by atoms with E-state index in [1.54, 1.807) is 6.07 Å². The molecule has 18 nitrogen and oxygen atoms in total. The summed E-state index contributed by atoms with van der Waals surface area (Å²) < 4.78 is 32.9. The molecule has 0 bridgehead atoms. The molecule has 366 valence electrons. The van der Waals surface area contributed by atoms with Crippen LogP contribution in [0, 0.1) is 0 Å². The quantitative estimate of drug-likeness (QED) is 0.0355. The Morgan fingerprint density at radius 1 is 0.667 bits per heavy atom. The van der Waals surface area contributed by atoms with E-state index >= 15 is 0 Å². The van der Waals surface area contributed by atoms with Crippen molar-refractivity contribution >= 4 is 52.8 Å². The van der Waals surface area contributed by atoms with Gasteiger partial charge in [-0.3, -0.25) is 14.4 Å². The SMILES string of the molecule is CCOCCOCCNC(=O)CC(NC(=O)CCCc1ccc(C(CCCl)CCCl)cc1)C(=O)NCCOCCOCCOCCNC(=O)NCc1ccc(COc2nccc(N)n2)cc1. The Balaban J connectivity index is 1.25. The number of aromatic nitrogens is 2. The van der Waals surface area contributed by atoms with Gasteiger partial charge in [0.1, 0.15) is 18.5 Å². The number of urea groups is 1. The lowest BCUT2D eigenvalue weighted by Gasteiger charge is -2.19. The molecule has 0 radical (unpaired) electrons. The van der Waals surface area contributed by atoms with Crippen LogP contribution in [0.5, 0.6) is 6.01 Å². The zero-order valence-corrected chi connectivity index (χ0v) is 39.5. The Kier molecular flexibility index (Phi) is 29.8. The van der Waals surface area contributed by atoms with Gasteiger partial charge in [0.15, 0.2) is 0 Å². The molecule has 1 atom stereocenters. The molecule has 0 aliphatic rings. The number of hydrogen-bond acceptors (Lipinski definition) is 13. The molecule has 1 heterocycles. The molecule has 0 aliphatic heterocycles. The fourth-order valence-electron chi connectivity index (χ4n) is 6.23. The molecule has 3 rings (SSSR count). The molecule has 0 saturated heterocycles. The van der Waals surface area contributed by atoms with Crippen LogP contribution in [0.1, 0.15) is 67.2 Å². The van der Waals surface area contributed by atoms with Crippen LogP contribution in [0.15, 0.2) is 60.8 Å². The smallest absolute Gasteiger partial charge is 0.318 e. The maximum absolute atomic E-state index is 13.2. The summed E-state index contributed by atoms with van der Waals surface area (Å²) in [7, 11) is 0. The third-order valence-corrected chi connectivity index (χ3v) is 10.2. The number of rotatable bonds is 37. The Bertz CT molecular complexity index is 1790. The Morgan fingerprint density at radius 3 is 1.86 bits per heavy atom. The lowest BCUT2D eigenvalue weighted by Crippen LogP contribution is -2.49. The number of aryl methyl sites for hydroxylation is 1. The summed E-state index contributed by atoms with van der Waals surface area (Å²) in [6.07, 6.45) is 4.44. The highest BCUT2D eigenvalue weighted by Crippen LogP contribution is 2.25. The summed E-state index contributed by atoms with van der Waals surface area (Å²) in [5.74, 6) is 0.566. The summed E-state index contributed by atoms with van der Waals surface area (Å²) in [5.41, 5.74) is 9.77. The van der Waals surface area contributed by atoms with Crippen LogP contribution in [0.3, 0.4) is 0 Å². The standard InChI is InChI=1S/C46H68Cl2N8O10/c1-2-61-26-27-62-23-20-50-43(58)32-40(55-42(57)5-3-4-35-10-12-38(13-11-35)39(14-17-47)15-18-48)44(59)51-21-24-63-28-30-65-31-29-64-25-22-52-45(60)54-33-36-6-8-37(9-7-36)34-66-46-53-19-16-41(49)56-46/h6-13,16,19,39-40H,2-5,14-15,17-18,20-34H2,1H3,(H,50,58)(H,51,59)(H,55,57)(H2,49,53,56)(H2,52,54,60). The van der Waals surface area contributed by atoms with Crippen LogP contribution < -0.4 is 37.1 Å². The molecular weight excluding hydrogens is 895 g/mol. The molecule has 66 heavy (non-hydrogen) atoms. The van der Waals surface area contributed by atoms with Gasteiger partial charge in [-0.1, -0.05) is 48.5 Å². The highest BCUT2D eigenvalue weighted by molar-refractivity contribution is 6.18. The number of hydrogen-bond donors (Lipinski definition) is 6. The minimum Gasteiger partial charge on any atom is -0.459 e. The third-order valence-electron chi connectivity index (χ3n) is 9.74. The second-order valence-electron chi connectivity index (χ2n) is 14.8. The van der Waals surface area contributed by atoms with E-state index in [4.69, 9.17) is 57.4 Å². The number of nitrogens with two attached hydrogens (primary N) is 1. The summed E-state index contributed by atoms with van der Waals surface area (Å²) in [6, 6.07) is 16.3. The number of nitrogen functional groups attached to an aromatic ring is 1. The van der Waals surface area contributed by atoms with Gasteiger partial charge in [-0.2, -0.15) is 4.98 Å². The Hall–Kier alpha value is -4.82. The van der Waals surface area contributed by atoms with E-state index in [1.165, 1.54) is 11.8 Å². The van der Waals surface area contributed by atoms with Gasteiger partial charge in [0.05, 0.1) is 65.9 Å². The minimum atomic E-state index is -1.07. The van der Waals surface area contributed by atoms with Crippen LogP contribution in [-0.4, -0.2) is 137 Å². The number of benzene rings is 2. The first-order valence-electron chi connectivity index (χ1n) is 22.4. The number of anilines is 1. The monoisotopic (exact) mass is 962 g/mol. The molecule has 20 heteroatoms. The number of nitrogens with one attached hydrogen (secondary N) is 5. The molecule has 0 fully saturated rings. The second kappa shape index (κ2) is 35.4. The van der Waals surface area contributed by atoms with Crippen molar-refractivity contribution in [2.75, 3.05) is 103 Å². The van der Waals surface area contributed by atoms with E-state index in [2.05, 4.69) is 60.8 Å². The van der Waals surface area contributed by atoms with Crippen molar-refractivity contribution in [3.63, 3.8) is 0 Å². The number of alkyl halides is 2. The van der Waals surface area contributed by atoms with Gasteiger partial charge >= 0.3 is 12.0 Å². The van der Waals surface area contributed by atoms with Crippen molar-refractivity contribution in [3.8, 4) is 6.01 Å². The van der Waals surface area contributed by atoms with Crippen molar-refractivity contribution in [1.29, 1.82) is 0 Å². The molecule has 7 N–H and O–H groups in total. The van der Waals surface area contributed by atoms with E-state index in [0.29, 0.717) is 95.7 Å². The van der Waals surface area contributed by atoms with Gasteiger partial charge in [-0.25, -0.2) is 9.78 Å². The van der Waals surface area contributed by atoms with E-state index in [-0.39, 0.29) is 70.3 Å².